The lowest BCUT2D eigenvalue weighted by Crippen LogP contribution is -2.11. The first kappa shape index (κ1) is 27.4. The Kier molecular flexibility index (Phi) is 6.83. The molecule has 4 nitrogen and oxygen atoms in total. The number of fused-ring (bicyclic) bond motifs is 1. The lowest BCUT2D eigenvalue weighted by atomic mass is 9.84. The molecule has 0 aliphatic heterocycles. The number of aromatic hydroxyl groups is 1. The third-order valence-electron chi connectivity index (χ3n) is 8.12. The molecule has 0 unspecified atom stereocenters. The molecule has 0 radical (unpaired) electrons. The molecule has 5 aromatic carbocycles. The van der Waals surface area contributed by atoms with Gasteiger partial charge in [-0.05, 0) is 82.3 Å². The summed E-state index contributed by atoms with van der Waals surface area (Å²) in [7, 11) is 0. The quantitative estimate of drug-likeness (QED) is 0.224. The van der Waals surface area contributed by atoms with Gasteiger partial charge in [0, 0.05) is 23.0 Å². The van der Waals surface area contributed by atoms with Gasteiger partial charge in [0.2, 0.25) is 0 Å². The Bertz CT molecular complexity index is 2090. The van der Waals surface area contributed by atoms with Gasteiger partial charge in [-0.2, -0.15) is 0 Å². The zero-order valence-electron chi connectivity index (χ0n) is 25.1. The smallest absolute Gasteiger partial charge is 0.149 e. The van der Waals surface area contributed by atoms with E-state index >= 15 is 0 Å². The number of nitrogens with zero attached hydrogens (tertiary/aromatic N) is 3. The fraction of sp³-hybridized carbons (Fsp3) is 0.100. The summed E-state index contributed by atoms with van der Waals surface area (Å²) < 4.78 is 2.18. The normalized spacial score (nSPS) is 11.6. The van der Waals surface area contributed by atoms with Gasteiger partial charge in [-0.3, -0.25) is 9.55 Å². The molecule has 0 spiro atoms. The highest BCUT2D eigenvalue weighted by atomic mass is 16.3. The molecule has 1 N–H and O–H groups in total. The average Bonchev–Trinajstić information content (AvgIpc) is 3.45. The zero-order valence-corrected chi connectivity index (χ0v) is 25.1. The van der Waals surface area contributed by atoms with Gasteiger partial charge in [-0.1, -0.05) is 99.6 Å². The van der Waals surface area contributed by atoms with Crippen LogP contribution in [-0.2, 0) is 5.41 Å². The molecule has 7 rings (SSSR count). The van der Waals surface area contributed by atoms with Crippen molar-refractivity contribution in [1.82, 2.24) is 14.5 Å². The second-order valence-electron chi connectivity index (χ2n) is 12.1. The molecule has 2 heterocycles. The number of benzene rings is 5. The minimum absolute atomic E-state index is 0.108. The number of imidazole rings is 1. The van der Waals surface area contributed by atoms with E-state index in [2.05, 4.69) is 91.0 Å². The van der Waals surface area contributed by atoms with Crippen LogP contribution in [-0.4, -0.2) is 19.6 Å². The highest BCUT2D eigenvalue weighted by Crippen LogP contribution is 2.41. The maximum Gasteiger partial charge on any atom is 0.149 e. The Morgan fingerprint density at radius 3 is 2.02 bits per heavy atom. The van der Waals surface area contributed by atoms with Crippen LogP contribution < -0.4 is 0 Å². The van der Waals surface area contributed by atoms with Crippen molar-refractivity contribution in [2.75, 3.05) is 0 Å². The first-order chi connectivity index (χ1) is 21.4. The number of para-hydroxylation sites is 1. The summed E-state index contributed by atoms with van der Waals surface area (Å²) >= 11 is 0. The molecule has 0 bridgehead atoms. The van der Waals surface area contributed by atoms with Gasteiger partial charge < -0.3 is 5.11 Å². The number of phenolic OH excluding ortho intramolecular Hbond substituents is 1. The van der Waals surface area contributed by atoms with E-state index < -0.39 is 0 Å². The molecule has 0 saturated heterocycles. The van der Waals surface area contributed by atoms with Crippen LogP contribution in [0.5, 0.6) is 5.75 Å². The van der Waals surface area contributed by atoms with E-state index in [1.54, 1.807) is 6.07 Å². The molecule has 0 aliphatic rings. The molecular formula is C40H33N3O. The zero-order chi connectivity index (χ0) is 30.3. The number of hydrogen-bond donors (Lipinski definition) is 1. The Morgan fingerprint density at radius 1 is 0.591 bits per heavy atom. The number of hydrogen-bond acceptors (Lipinski definition) is 3. The molecule has 0 saturated carbocycles. The van der Waals surface area contributed by atoms with Gasteiger partial charge >= 0.3 is 0 Å². The molecule has 4 heteroatoms. The molecule has 2 aromatic heterocycles. The van der Waals surface area contributed by atoms with Gasteiger partial charge in [0.1, 0.15) is 11.6 Å². The van der Waals surface area contributed by atoms with Gasteiger partial charge in [0.15, 0.2) is 0 Å². The maximum absolute atomic E-state index is 11.3. The van der Waals surface area contributed by atoms with E-state index in [4.69, 9.17) is 4.98 Å². The topological polar surface area (TPSA) is 50.9 Å². The predicted molar refractivity (Wildman–Crippen MR) is 181 cm³/mol. The van der Waals surface area contributed by atoms with Crippen molar-refractivity contribution in [1.29, 1.82) is 0 Å². The van der Waals surface area contributed by atoms with Gasteiger partial charge in [0.25, 0.3) is 0 Å². The van der Waals surface area contributed by atoms with Crippen molar-refractivity contribution >= 4 is 11.0 Å². The summed E-state index contributed by atoms with van der Waals surface area (Å²) in [4.78, 5) is 9.94. The number of phenols is 1. The Hall–Kier alpha value is -5.48. The minimum Gasteiger partial charge on any atom is -0.507 e. The molecule has 0 amide bonds. The monoisotopic (exact) mass is 571 g/mol. The molecule has 0 atom stereocenters. The van der Waals surface area contributed by atoms with Crippen LogP contribution in [0.2, 0.25) is 0 Å². The first-order valence-electron chi connectivity index (χ1n) is 14.9. The first-order valence-corrected chi connectivity index (χ1v) is 14.9. The molecular weight excluding hydrogens is 538 g/mol. The van der Waals surface area contributed by atoms with Crippen molar-refractivity contribution in [3.63, 3.8) is 0 Å². The van der Waals surface area contributed by atoms with Crippen molar-refractivity contribution in [2.24, 2.45) is 0 Å². The minimum atomic E-state index is -0.108. The molecule has 0 aliphatic carbocycles. The van der Waals surface area contributed by atoms with E-state index in [0.717, 1.165) is 50.2 Å². The summed E-state index contributed by atoms with van der Waals surface area (Å²) in [5.74, 6) is 0.876. The summed E-state index contributed by atoms with van der Waals surface area (Å²) in [6.07, 6.45) is 1.82. The molecule has 214 valence electrons. The predicted octanol–water partition coefficient (Wildman–Crippen LogP) is 10.1. The Balaban J connectivity index is 1.54. The van der Waals surface area contributed by atoms with E-state index in [-0.39, 0.29) is 11.2 Å². The maximum atomic E-state index is 11.3. The van der Waals surface area contributed by atoms with Crippen LogP contribution >= 0.6 is 0 Å². The molecule has 0 fully saturated rings. The van der Waals surface area contributed by atoms with E-state index in [0.29, 0.717) is 11.4 Å². The van der Waals surface area contributed by atoms with Gasteiger partial charge in [0.05, 0.1) is 22.3 Å². The summed E-state index contributed by atoms with van der Waals surface area (Å²) in [6.45, 7) is 6.71. The fourth-order valence-electron chi connectivity index (χ4n) is 5.75. The molecule has 7 aromatic rings. The standard InChI is InChI=1S/C40H33N3O/c1-40(2,3)31-25-33(29-15-12-16-30(23-29)35-19-10-11-22-41-35)38-36(26-31)43(32-17-8-5-9-18-32)39(42-38)34-24-28(20-21-37(34)44)27-13-6-4-7-14-27/h4-26,44H,1-3H3. The second-order valence-corrected chi connectivity index (χ2v) is 12.1. The third-order valence-corrected chi connectivity index (χ3v) is 8.12. The highest BCUT2D eigenvalue weighted by molar-refractivity contribution is 5.97. The largest absolute Gasteiger partial charge is 0.507 e. The SMILES string of the molecule is CC(C)(C)c1cc(-c2cccc(-c3ccccn3)c2)c2nc(-c3cc(-c4ccccc4)ccc3O)n(-c3ccccc3)c2c1. The molecule has 44 heavy (non-hydrogen) atoms. The van der Waals surface area contributed by atoms with Crippen LogP contribution in [0.15, 0.2) is 140 Å². The second kappa shape index (κ2) is 11.0. The fourth-order valence-corrected chi connectivity index (χ4v) is 5.75. The lowest BCUT2D eigenvalue weighted by molar-refractivity contribution is 0.477. The van der Waals surface area contributed by atoms with Crippen molar-refractivity contribution in [2.45, 2.75) is 26.2 Å². The van der Waals surface area contributed by atoms with Crippen molar-refractivity contribution in [3.05, 3.63) is 145 Å². The van der Waals surface area contributed by atoms with E-state index in [1.807, 2.05) is 72.9 Å². The average molecular weight is 572 g/mol. The Morgan fingerprint density at radius 2 is 1.30 bits per heavy atom. The lowest BCUT2D eigenvalue weighted by Gasteiger charge is -2.21. The summed E-state index contributed by atoms with van der Waals surface area (Å²) in [6, 6.07) is 45.3. The van der Waals surface area contributed by atoms with Crippen molar-refractivity contribution in [3.8, 4) is 56.3 Å². The van der Waals surface area contributed by atoms with Crippen molar-refractivity contribution < 1.29 is 5.11 Å². The van der Waals surface area contributed by atoms with E-state index in [1.165, 1.54) is 5.56 Å². The third kappa shape index (κ3) is 5.05. The number of rotatable bonds is 5. The van der Waals surface area contributed by atoms with E-state index in [9.17, 15) is 5.11 Å². The summed E-state index contributed by atoms with van der Waals surface area (Å²) in [5, 5.41) is 11.3. The van der Waals surface area contributed by atoms with Crippen LogP contribution in [0.1, 0.15) is 26.3 Å². The Labute approximate surface area is 258 Å². The summed E-state index contributed by atoms with van der Waals surface area (Å²) in [5.41, 5.74) is 10.8. The van der Waals surface area contributed by atoms with Crippen LogP contribution in [0, 0.1) is 0 Å². The van der Waals surface area contributed by atoms with Gasteiger partial charge in [-0.15, -0.1) is 0 Å². The van der Waals surface area contributed by atoms with Crippen LogP contribution in [0.3, 0.4) is 0 Å². The van der Waals surface area contributed by atoms with Crippen LogP contribution in [0.25, 0.3) is 61.6 Å². The van der Waals surface area contributed by atoms with Gasteiger partial charge in [-0.25, -0.2) is 4.98 Å². The van der Waals surface area contributed by atoms with Crippen LogP contribution in [0.4, 0.5) is 0 Å². The number of pyridine rings is 1. The highest BCUT2D eigenvalue weighted by Gasteiger charge is 2.24. The number of aromatic nitrogens is 3.